The van der Waals surface area contributed by atoms with Crippen molar-refractivity contribution in [3.8, 4) is 11.5 Å². The fraction of sp³-hybridized carbons (Fsp3) is 0.308. The van der Waals surface area contributed by atoms with Crippen LogP contribution in [0.15, 0.2) is 54.6 Å². The van der Waals surface area contributed by atoms with Crippen LogP contribution in [0.3, 0.4) is 0 Å². The van der Waals surface area contributed by atoms with Crippen LogP contribution >= 0.6 is 12.4 Å². The maximum absolute atomic E-state index is 13.8. The number of aromatic amines is 1. The second-order valence-corrected chi connectivity index (χ2v) is 10.6. The van der Waals surface area contributed by atoms with Gasteiger partial charge in [0, 0.05) is 36.0 Å². The van der Waals surface area contributed by atoms with Crippen LogP contribution in [0.5, 0.6) is 11.5 Å². The third kappa shape index (κ3) is 7.48. The lowest BCUT2D eigenvalue weighted by Crippen LogP contribution is -2.26. The molecule has 0 spiro atoms. The molecule has 4 rings (SSSR count). The Morgan fingerprint density at radius 3 is 2.30 bits per heavy atom. The summed E-state index contributed by atoms with van der Waals surface area (Å²) in [6.07, 6.45) is 0.0932. The standard InChI is InChI=1S/C26H30FN3O5S.ClH/c1-16(2)35-19-6-8-21-20-7-5-18(13-23(20)29-24(21)14-19)34-11-10-28-15-26(31)17-4-9-22(27)25(12-17)30-36(3,32)33;/h4-9,12-14,16,26,28-31H,10-11,15H2,1-3H3;1H. The minimum Gasteiger partial charge on any atom is -0.492 e. The first-order valence-electron chi connectivity index (χ1n) is 11.6. The van der Waals surface area contributed by atoms with Crippen molar-refractivity contribution in [3.63, 3.8) is 0 Å². The van der Waals surface area contributed by atoms with Gasteiger partial charge in [-0.25, -0.2) is 12.8 Å². The number of aliphatic hydroxyl groups excluding tert-OH is 1. The Bertz CT molecular complexity index is 1480. The van der Waals surface area contributed by atoms with Crippen molar-refractivity contribution in [3.05, 3.63) is 66.0 Å². The van der Waals surface area contributed by atoms with Gasteiger partial charge in [0.15, 0.2) is 0 Å². The molecule has 0 fully saturated rings. The number of rotatable bonds is 11. The highest BCUT2D eigenvalue weighted by Crippen LogP contribution is 2.31. The summed E-state index contributed by atoms with van der Waals surface area (Å²) in [7, 11) is -3.63. The second kappa shape index (κ2) is 12.0. The predicted octanol–water partition coefficient (Wildman–Crippen LogP) is 4.74. The first-order chi connectivity index (χ1) is 17.1. The maximum Gasteiger partial charge on any atom is 0.229 e. The maximum atomic E-state index is 13.8. The number of sulfonamides is 1. The molecule has 0 amide bonds. The molecule has 1 heterocycles. The average Bonchev–Trinajstić information content (AvgIpc) is 3.15. The monoisotopic (exact) mass is 551 g/mol. The highest BCUT2D eigenvalue weighted by molar-refractivity contribution is 7.92. The zero-order valence-corrected chi connectivity index (χ0v) is 22.4. The Kier molecular flexibility index (Phi) is 9.25. The average molecular weight is 552 g/mol. The molecule has 8 nitrogen and oxygen atoms in total. The van der Waals surface area contributed by atoms with E-state index in [9.17, 15) is 17.9 Å². The molecule has 4 N–H and O–H groups in total. The van der Waals surface area contributed by atoms with Crippen molar-refractivity contribution in [2.75, 3.05) is 30.7 Å². The molecule has 0 radical (unpaired) electrons. The van der Waals surface area contributed by atoms with Crippen LogP contribution in [0.4, 0.5) is 10.1 Å². The normalized spacial score (nSPS) is 12.5. The summed E-state index contributed by atoms with van der Waals surface area (Å²) in [4.78, 5) is 3.41. The third-order valence-corrected chi connectivity index (χ3v) is 6.06. The van der Waals surface area contributed by atoms with E-state index >= 15 is 0 Å². The zero-order chi connectivity index (χ0) is 25.9. The Balaban J connectivity index is 0.00000380. The van der Waals surface area contributed by atoms with E-state index in [0.29, 0.717) is 24.5 Å². The molecule has 4 aromatic rings. The zero-order valence-electron chi connectivity index (χ0n) is 20.7. The van der Waals surface area contributed by atoms with E-state index in [1.165, 1.54) is 12.1 Å². The molecule has 3 aromatic carbocycles. The van der Waals surface area contributed by atoms with Crippen LogP contribution in [0.25, 0.3) is 21.8 Å². The number of halogens is 2. The van der Waals surface area contributed by atoms with E-state index in [-0.39, 0.29) is 30.7 Å². The molecule has 37 heavy (non-hydrogen) atoms. The number of aliphatic hydroxyl groups is 1. The molecule has 0 aliphatic heterocycles. The lowest BCUT2D eigenvalue weighted by Gasteiger charge is -2.14. The number of nitrogens with one attached hydrogen (secondary N) is 3. The molecule has 0 bridgehead atoms. The number of ether oxygens (including phenoxy) is 2. The summed E-state index contributed by atoms with van der Waals surface area (Å²) in [5.41, 5.74) is 2.14. The molecule has 0 saturated carbocycles. The van der Waals surface area contributed by atoms with Gasteiger partial charge in [-0.15, -0.1) is 12.4 Å². The molecule has 0 aliphatic rings. The Morgan fingerprint density at radius 1 is 1.00 bits per heavy atom. The van der Waals surface area contributed by atoms with Gasteiger partial charge in [-0.2, -0.15) is 0 Å². The summed E-state index contributed by atoms with van der Waals surface area (Å²) in [6.45, 7) is 5.01. The van der Waals surface area contributed by atoms with E-state index in [0.717, 1.165) is 39.9 Å². The number of anilines is 1. The summed E-state index contributed by atoms with van der Waals surface area (Å²) in [6, 6.07) is 15.7. The number of fused-ring (bicyclic) bond motifs is 3. The van der Waals surface area contributed by atoms with Crippen molar-refractivity contribution in [1.29, 1.82) is 0 Å². The molecule has 1 aromatic heterocycles. The second-order valence-electron chi connectivity index (χ2n) is 8.89. The topological polar surface area (TPSA) is 113 Å². The van der Waals surface area contributed by atoms with Gasteiger partial charge in [0.05, 0.1) is 35.2 Å². The molecule has 0 saturated heterocycles. The van der Waals surface area contributed by atoms with Gasteiger partial charge in [0.25, 0.3) is 0 Å². The van der Waals surface area contributed by atoms with Crippen molar-refractivity contribution in [2.24, 2.45) is 0 Å². The number of hydrogen-bond acceptors (Lipinski definition) is 6. The van der Waals surface area contributed by atoms with Crippen LogP contribution in [0.1, 0.15) is 25.5 Å². The van der Waals surface area contributed by atoms with Crippen molar-refractivity contribution < 1.29 is 27.4 Å². The van der Waals surface area contributed by atoms with Crippen LogP contribution in [-0.2, 0) is 10.0 Å². The lowest BCUT2D eigenvalue weighted by atomic mass is 10.1. The summed E-state index contributed by atoms with van der Waals surface area (Å²) in [5, 5.41) is 15.7. The Labute approximate surface area is 221 Å². The Hall–Kier alpha value is -3.05. The van der Waals surface area contributed by atoms with Gasteiger partial charge in [-0.3, -0.25) is 4.72 Å². The minimum atomic E-state index is -3.63. The van der Waals surface area contributed by atoms with E-state index in [1.54, 1.807) is 0 Å². The molecule has 200 valence electrons. The summed E-state index contributed by atoms with van der Waals surface area (Å²) < 4.78 is 50.4. The summed E-state index contributed by atoms with van der Waals surface area (Å²) >= 11 is 0. The van der Waals surface area contributed by atoms with Gasteiger partial charge >= 0.3 is 0 Å². The van der Waals surface area contributed by atoms with E-state index in [4.69, 9.17) is 9.47 Å². The van der Waals surface area contributed by atoms with Crippen molar-refractivity contribution in [1.82, 2.24) is 10.3 Å². The number of benzene rings is 3. The third-order valence-electron chi connectivity index (χ3n) is 5.47. The van der Waals surface area contributed by atoms with Crippen molar-refractivity contribution >= 4 is 49.9 Å². The fourth-order valence-corrected chi connectivity index (χ4v) is 4.49. The molecule has 0 aliphatic carbocycles. The molecular weight excluding hydrogens is 521 g/mol. The highest BCUT2D eigenvalue weighted by atomic mass is 35.5. The quantitative estimate of drug-likeness (QED) is 0.200. The fourth-order valence-electron chi connectivity index (χ4n) is 3.93. The highest BCUT2D eigenvalue weighted by Gasteiger charge is 2.13. The summed E-state index contributed by atoms with van der Waals surface area (Å²) in [5.74, 6) is 0.816. The van der Waals surface area contributed by atoms with E-state index in [1.807, 2.05) is 50.2 Å². The van der Waals surface area contributed by atoms with Gasteiger partial charge in [-0.05, 0) is 55.8 Å². The van der Waals surface area contributed by atoms with Gasteiger partial charge in [0.2, 0.25) is 10.0 Å². The van der Waals surface area contributed by atoms with Crippen LogP contribution in [0.2, 0.25) is 0 Å². The number of aromatic nitrogens is 1. The first-order valence-corrected chi connectivity index (χ1v) is 13.5. The van der Waals surface area contributed by atoms with Crippen LogP contribution in [-0.4, -0.2) is 50.6 Å². The minimum absolute atomic E-state index is 0. The first kappa shape index (κ1) is 28.5. The SMILES string of the molecule is CC(C)Oc1ccc2c(c1)[nH]c1cc(OCCNCC(O)c3ccc(F)c(NS(C)(=O)=O)c3)ccc12.Cl. The van der Waals surface area contributed by atoms with E-state index in [2.05, 4.69) is 15.0 Å². The lowest BCUT2D eigenvalue weighted by molar-refractivity contribution is 0.172. The smallest absolute Gasteiger partial charge is 0.229 e. The van der Waals surface area contributed by atoms with Gasteiger partial charge in [-0.1, -0.05) is 6.07 Å². The molecule has 1 atom stereocenters. The van der Waals surface area contributed by atoms with Gasteiger partial charge in [0.1, 0.15) is 23.9 Å². The predicted molar refractivity (Wildman–Crippen MR) is 147 cm³/mol. The molecule has 11 heteroatoms. The number of H-pyrrole nitrogens is 1. The largest absolute Gasteiger partial charge is 0.492 e. The van der Waals surface area contributed by atoms with Gasteiger partial charge < -0.3 is 24.9 Å². The van der Waals surface area contributed by atoms with Crippen molar-refractivity contribution in [2.45, 2.75) is 26.1 Å². The molecular formula is C26H31ClFN3O5S. The molecule has 1 unspecified atom stereocenters. The Morgan fingerprint density at radius 2 is 1.65 bits per heavy atom. The van der Waals surface area contributed by atoms with Crippen LogP contribution < -0.4 is 19.5 Å². The van der Waals surface area contributed by atoms with E-state index < -0.39 is 21.9 Å². The number of hydrogen-bond donors (Lipinski definition) is 4. The van der Waals surface area contributed by atoms with Crippen LogP contribution in [0, 0.1) is 5.82 Å².